The minimum atomic E-state index is 0. The molecule has 1 aromatic carbocycles. The molecule has 6 heteroatoms. The van der Waals surface area contributed by atoms with Crippen LogP contribution >= 0.6 is 11.8 Å². The Hall–Kier alpha value is -1.66. The van der Waals surface area contributed by atoms with E-state index in [9.17, 15) is 0 Å². The lowest BCUT2D eigenvalue weighted by atomic mass is 10.2. The van der Waals surface area contributed by atoms with E-state index in [2.05, 4.69) is 46.1 Å². The molecule has 3 aromatic rings. The zero-order valence-corrected chi connectivity index (χ0v) is 12.6. The third kappa shape index (κ3) is 2.62. The Morgan fingerprint density at radius 1 is 1.30 bits per heavy atom. The molecular formula is C14H19N5S. The Balaban J connectivity index is 0.00000161. The van der Waals surface area contributed by atoms with Crippen LogP contribution in [0.2, 0.25) is 0 Å². The van der Waals surface area contributed by atoms with Gasteiger partial charge in [0.15, 0.2) is 5.65 Å². The van der Waals surface area contributed by atoms with Crippen molar-refractivity contribution in [3.63, 3.8) is 0 Å². The van der Waals surface area contributed by atoms with Gasteiger partial charge in [-0.05, 0) is 20.2 Å². The second kappa shape index (κ2) is 5.38. The smallest absolute Gasteiger partial charge is 0.211 e. The Bertz CT molecular complexity index is 742. The van der Waals surface area contributed by atoms with Crippen LogP contribution in [0.5, 0.6) is 0 Å². The molecule has 0 spiro atoms. The van der Waals surface area contributed by atoms with Gasteiger partial charge in [0.25, 0.3) is 0 Å². The SMILES string of the molecule is CC(CN(C)C)Sc1nnc2c(n1)[nH]c1ccccc12.[HH]. The lowest BCUT2D eigenvalue weighted by Crippen LogP contribution is -2.21. The summed E-state index contributed by atoms with van der Waals surface area (Å²) in [6.07, 6.45) is 0. The lowest BCUT2D eigenvalue weighted by Gasteiger charge is -2.14. The van der Waals surface area contributed by atoms with Gasteiger partial charge in [-0.3, -0.25) is 0 Å². The molecule has 2 heterocycles. The fourth-order valence-corrected chi connectivity index (χ4v) is 3.25. The van der Waals surface area contributed by atoms with Crippen LogP contribution in [-0.2, 0) is 0 Å². The first-order valence-electron chi connectivity index (χ1n) is 6.56. The van der Waals surface area contributed by atoms with Gasteiger partial charge < -0.3 is 9.88 Å². The molecule has 106 valence electrons. The summed E-state index contributed by atoms with van der Waals surface area (Å²) in [5, 5.41) is 10.8. The van der Waals surface area contributed by atoms with Crippen molar-refractivity contribution in [2.24, 2.45) is 0 Å². The number of hydrogen-bond donors (Lipinski definition) is 1. The molecule has 5 nitrogen and oxygen atoms in total. The Morgan fingerprint density at radius 3 is 2.90 bits per heavy atom. The molecule has 2 aromatic heterocycles. The Kier molecular flexibility index (Phi) is 3.58. The van der Waals surface area contributed by atoms with Gasteiger partial charge in [0.05, 0.1) is 0 Å². The van der Waals surface area contributed by atoms with Gasteiger partial charge in [0, 0.05) is 24.1 Å². The molecule has 1 atom stereocenters. The van der Waals surface area contributed by atoms with Gasteiger partial charge in [0.1, 0.15) is 5.52 Å². The molecule has 0 fully saturated rings. The monoisotopic (exact) mass is 289 g/mol. The summed E-state index contributed by atoms with van der Waals surface area (Å²) in [4.78, 5) is 10.0. The van der Waals surface area contributed by atoms with Gasteiger partial charge in [-0.1, -0.05) is 36.9 Å². The van der Waals surface area contributed by atoms with Crippen LogP contribution in [0.15, 0.2) is 29.4 Å². The zero-order chi connectivity index (χ0) is 14.1. The van der Waals surface area contributed by atoms with E-state index in [1.807, 2.05) is 24.3 Å². The van der Waals surface area contributed by atoms with E-state index >= 15 is 0 Å². The molecule has 20 heavy (non-hydrogen) atoms. The first kappa shape index (κ1) is 13.3. The molecule has 0 radical (unpaired) electrons. The van der Waals surface area contributed by atoms with Gasteiger partial charge in [-0.2, -0.15) is 0 Å². The molecule has 1 N–H and O–H groups in total. The van der Waals surface area contributed by atoms with E-state index in [0.717, 1.165) is 33.8 Å². The highest BCUT2D eigenvalue weighted by atomic mass is 32.2. The van der Waals surface area contributed by atoms with E-state index in [4.69, 9.17) is 0 Å². The maximum atomic E-state index is 4.57. The van der Waals surface area contributed by atoms with Crippen LogP contribution in [0.1, 0.15) is 8.35 Å². The summed E-state index contributed by atoms with van der Waals surface area (Å²) in [7, 11) is 4.13. The molecule has 0 aliphatic heterocycles. The molecule has 0 bridgehead atoms. The average Bonchev–Trinajstić information content (AvgIpc) is 2.75. The van der Waals surface area contributed by atoms with E-state index < -0.39 is 0 Å². The molecule has 0 amide bonds. The molecule has 0 aliphatic rings. The van der Waals surface area contributed by atoms with Crippen molar-refractivity contribution in [3.8, 4) is 0 Å². The molecular weight excluding hydrogens is 270 g/mol. The number of fused-ring (bicyclic) bond motifs is 3. The number of aromatic nitrogens is 4. The van der Waals surface area contributed by atoms with Crippen LogP contribution in [0.3, 0.4) is 0 Å². The highest BCUT2D eigenvalue weighted by Crippen LogP contribution is 2.24. The van der Waals surface area contributed by atoms with Crippen LogP contribution in [-0.4, -0.2) is 51.0 Å². The summed E-state index contributed by atoms with van der Waals surface area (Å²) in [5.74, 6) is 0. The summed E-state index contributed by atoms with van der Waals surface area (Å²) in [6.45, 7) is 3.15. The van der Waals surface area contributed by atoms with Crippen molar-refractivity contribution in [2.75, 3.05) is 20.6 Å². The highest BCUT2D eigenvalue weighted by molar-refractivity contribution is 7.99. The standard InChI is InChI=1S/C14H17N5S.H2/c1-9(8-19(2)3)20-14-16-13-12(17-18-14)10-6-4-5-7-11(10)15-13;/h4-7,9H,8H2,1-3H3,(H,15,16,18);1H. The summed E-state index contributed by atoms with van der Waals surface area (Å²) in [5.41, 5.74) is 2.69. The third-order valence-electron chi connectivity index (χ3n) is 3.03. The number of hydrogen-bond acceptors (Lipinski definition) is 5. The zero-order valence-electron chi connectivity index (χ0n) is 11.8. The van der Waals surface area contributed by atoms with Gasteiger partial charge >= 0.3 is 0 Å². The van der Waals surface area contributed by atoms with E-state index in [1.54, 1.807) is 11.8 Å². The predicted molar refractivity (Wildman–Crippen MR) is 85.2 cm³/mol. The van der Waals surface area contributed by atoms with E-state index in [1.165, 1.54) is 0 Å². The van der Waals surface area contributed by atoms with Crippen LogP contribution in [0.4, 0.5) is 0 Å². The van der Waals surface area contributed by atoms with E-state index in [-0.39, 0.29) is 1.43 Å². The third-order valence-corrected chi connectivity index (χ3v) is 3.97. The minimum absolute atomic E-state index is 0. The van der Waals surface area contributed by atoms with Gasteiger partial charge in [0.2, 0.25) is 5.16 Å². The van der Waals surface area contributed by atoms with Crippen molar-refractivity contribution in [3.05, 3.63) is 24.3 Å². The number of thioether (sulfide) groups is 1. The van der Waals surface area contributed by atoms with Crippen molar-refractivity contribution in [2.45, 2.75) is 17.3 Å². The molecule has 0 aliphatic carbocycles. The maximum Gasteiger partial charge on any atom is 0.211 e. The van der Waals surface area contributed by atoms with Gasteiger partial charge in [-0.25, -0.2) is 4.98 Å². The summed E-state index contributed by atoms with van der Waals surface area (Å²) >= 11 is 1.65. The maximum absolute atomic E-state index is 4.57. The number of benzene rings is 1. The molecule has 0 saturated heterocycles. The largest absolute Gasteiger partial charge is 0.338 e. The second-order valence-electron chi connectivity index (χ2n) is 5.15. The minimum Gasteiger partial charge on any atom is -0.338 e. The van der Waals surface area contributed by atoms with Crippen molar-refractivity contribution >= 4 is 33.8 Å². The average molecular weight is 289 g/mol. The van der Waals surface area contributed by atoms with Crippen molar-refractivity contribution in [1.29, 1.82) is 0 Å². The lowest BCUT2D eigenvalue weighted by molar-refractivity contribution is 0.413. The Morgan fingerprint density at radius 2 is 2.10 bits per heavy atom. The first-order valence-corrected chi connectivity index (χ1v) is 7.44. The fraction of sp³-hybridized carbons (Fsp3) is 0.357. The number of H-pyrrole nitrogens is 1. The van der Waals surface area contributed by atoms with Crippen LogP contribution < -0.4 is 0 Å². The molecule has 1 unspecified atom stereocenters. The number of rotatable bonds is 4. The quantitative estimate of drug-likeness (QED) is 0.748. The second-order valence-corrected chi connectivity index (χ2v) is 6.56. The number of nitrogens with zero attached hydrogens (tertiary/aromatic N) is 4. The summed E-state index contributed by atoms with van der Waals surface area (Å²) < 4.78 is 0. The highest BCUT2D eigenvalue weighted by Gasteiger charge is 2.12. The van der Waals surface area contributed by atoms with Crippen LogP contribution in [0.25, 0.3) is 22.1 Å². The van der Waals surface area contributed by atoms with E-state index in [0.29, 0.717) is 5.25 Å². The van der Waals surface area contributed by atoms with Crippen molar-refractivity contribution < 1.29 is 1.43 Å². The first-order chi connectivity index (χ1) is 9.63. The Labute approximate surface area is 123 Å². The molecule has 3 rings (SSSR count). The molecule has 0 saturated carbocycles. The predicted octanol–water partition coefficient (Wildman–Crippen LogP) is 2.79. The number of para-hydroxylation sites is 1. The van der Waals surface area contributed by atoms with Crippen molar-refractivity contribution in [1.82, 2.24) is 25.1 Å². The topological polar surface area (TPSA) is 57.7 Å². The summed E-state index contributed by atoms with van der Waals surface area (Å²) in [6, 6.07) is 8.06. The normalized spacial score (nSPS) is 13.4. The van der Waals surface area contributed by atoms with Crippen LogP contribution in [0, 0.1) is 0 Å². The fourth-order valence-electron chi connectivity index (χ4n) is 2.29. The number of aromatic amines is 1. The van der Waals surface area contributed by atoms with Gasteiger partial charge in [-0.15, -0.1) is 10.2 Å². The number of nitrogens with one attached hydrogen (secondary N) is 1.